The molecule has 0 aromatic carbocycles. The van der Waals surface area contributed by atoms with Gasteiger partial charge in [0.15, 0.2) is 0 Å². The van der Waals surface area contributed by atoms with Crippen LogP contribution in [-0.4, -0.2) is 33.0 Å². The predicted molar refractivity (Wildman–Crippen MR) is 67.0 cm³/mol. The highest BCUT2D eigenvalue weighted by atomic mass is 16.4. The van der Waals surface area contributed by atoms with E-state index in [1.165, 1.54) is 0 Å². The second-order valence-corrected chi connectivity index (χ2v) is 5.27. The largest absolute Gasteiger partial charge is 0.481 e. The molecule has 0 spiro atoms. The highest BCUT2D eigenvalue weighted by Gasteiger charge is 2.49. The van der Waals surface area contributed by atoms with Crippen LogP contribution in [0.25, 0.3) is 0 Å². The first kappa shape index (κ1) is 12.1. The van der Waals surface area contributed by atoms with Crippen LogP contribution in [0.1, 0.15) is 30.5 Å². The Morgan fingerprint density at radius 1 is 1.58 bits per heavy atom. The molecular formula is C14H15N3O2. The molecule has 5 heteroatoms. The van der Waals surface area contributed by atoms with E-state index < -0.39 is 5.97 Å². The summed E-state index contributed by atoms with van der Waals surface area (Å²) in [5, 5.41) is 18.3. The fourth-order valence-electron chi connectivity index (χ4n) is 3.48. The van der Waals surface area contributed by atoms with Crippen molar-refractivity contribution < 1.29 is 9.90 Å². The first-order valence-corrected chi connectivity index (χ1v) is 6.53. The summed E-state index contributed by atoms with van der Waals surface area (Å²) in [6.45, 7) is 0.635. The zero-order valence-electron chi connectivity index (χ0n) is 10.5. The molecule has 2 fully saturated rings. The number of nitrogens with zero attached hydrogens (tertiary/aromatic N) is 3. The zero-order valence-corrected chi connectivity index (χ0v) is 10.5. The number of aromatic nitrogens is 1. The Labute approximate surface area is 111 Å². The molecule has 0 saturated carbocycles. The van der Waals surface area contributed by atoms with Crippen LogP contribution in [0.3, 0.4) is 0 Å². The van der Waals surface area contributed by atoms with Crippen molar-refractivity contribution in [2.24, 2.45) is 5.92 Å². The molecule has 2 aliphatic rings. The number of carbonyl (C=O) groups is 1. The SMILES string of the molecule is N#Cc1ncccc1CN1C2CCC1C(C(=O)O)C2. The van der Waals surface area contributed by atoms with Gasteiger partial charge in [-0.3, -0.25) is 9.69 Å². The molecule has 1 aromatic rings. The van der Waals surface area contributed by atoms with Crippen molar-refractivity contribution in [3.8, 4) is 6.07 Å². The van der Waals surface area contributed by atoms with Crippen LogP contribution in [0, 0.1) is 17.2 Å². The van der Waals surface area contributed by atoms with Gasteiger partial charge in [0.25, 0.3) is 0 Å². The maximum atomic E-state index is 11.2. The van der Waals surface area contributed by atoms with Gasteiger partial charge in [-0.15, -0.1) is 0 Å². The molecule has 1 N–H and O–H groups in total. The van der Waals surface area contributed by atoms with E-state index >= 15 is 0 Å². The number of hydrogen-bond donors (Lipinski definition) is 1. The lowest BCUT2D eigenvalue weighted by atomic mass is 9.89. The molecule has 2 bridgehead atoms. The predicted octanol–water partition coefficient (Wildman–Crippen LogP) is 1.39. The van der Waals surface area contributed by atoms with E-state index in [2.05, 4.69) is 16.0 Å². The number of hydrogen-bond acceptors (Lipinski definition) is 4. The number of fused-ring (bicyclic) bond motifs is 2. The number of pyridine rings is 1. The molecule has 3 unspecified atom stereocenters. The molecule has 5 nitrogen and oxygen atoms in total. The monoisotopic (exact) mass is 257 g/mol. The summed E-state index contributed by atoms with van der Waals surface area (Å²) in [5.74, 6) is -0.940. The summed E-state index contributed by atoms with van der Waals surface area (Å²) in [4.78, 5) is 17.5. The molecule has 3 atom stereocenters. The Hall–Kier alpha value is -1.93. The molecule has 2 aliphatic heterocycles. The minimum atomic E-state index is -0.691. The summed E-state index contributed by atoms with van der Waals surface area (Å²) >= 11 is 0. The third kappa shape index (κ3) is 1.98. The highest BCUT2D eigenvalue weighted by molar-refractivity contribution is 5.71. The van der Waals surface area contributed by atoms with Gasteiger partial charge in [-0.2, -0.15) is 5.26 Å². The Kier molecular flexibility index (Phi) is 2.96. The van der Waals surface area contributed by atoms with Crippen LogP contribution in [0.15, 0.2) is 18.3 Å². The normalized spacial score (nSPS) is 29.3. The summed E-state index contributed by atoms with van der Waals surface area (Å²) in [5.41, 5.74) is 1.34. The van der Waals surface area contributed by atoms with E-state index in [4.69, 9.17) is 5.26 Å². The molecular weight excluding hydrogens is 242 g/mol. The fraction of sp³-hybridized carbons (Fsp3) is 0.500. The maximum absolute atomic E-state index is 11.2. The molecule has 2 saturated heterocycles. The second kappa shape index (κ2) is 4.63. The first-order chi connectivity index (χ1) is 9.20. The number of rotatable bonds is 3. The number of aliphatic carboxylic acids is 1. The minimum absolute atomic E-state index is 0.120. The number of carboxylic acids is 1. The van der Waals surface area contributed by atoms with Gasteiger partial charge in [-0.1, -0.05) is 6.07 Å². The minimum Gasteiger partial charge on any atom is -0.481 e. The van der Waals surface area contributed by atoms with Crippen molar-refractivity contribution in [3.05, 3.63) is 29.6 Å². The topological polar surface area (TPSA) is 77.2 Å². The van der Waals surface area contributed by atoms with E-state index in [0.717, 1.165) is 24.8 Å². The first-order valence-electron chi connectivity index (χ1n) is 6.53. The maximum Gasteiger partial charge on any atom is 0.308 e. The quantitative estimate of drug-likeness (QED) is 0.885. The van der Waals surface area contributed by atoms with Crippen LogP contribution in [0.5, 0.6) is 0 Å². The van der Waals surface area contributed by atoms with E-state index in [9.17, 15) is 9.90 Å². The average molecular weight is 257 g/mol. The van der Waals surface area contributed by atoms with Crippen LogP contribution >= 0.6 is 0 Å². The third-order valence-electron chi connectivity index (χ3n) is 4.35. The van der Waals surface area contributed by atoms with E-state index in [1.54, 1.807) is 6.20 Å². The Balaban J connectivity index is 1.82. The van der Waals surface area contributed by atoms with Crippen LogP contribution in [-0.2, 0) is 11.3 Å². The fourth-order valence-corrected chi connectivity index (χ4v) is 3.48. The molecule has 1 aromatic heterocycles. The van der Waals surface area contributed by atoms with Crippen molar-refractivity contribution in [2.45, 2.75) is 37.9 Å². The standard InChI is InChI=1S/C14H15N3O2/c15-7-12-9(2-1-5-16-12)8-17-10-3-4-13(17)11(6-10)14(18)19/h1-2,5,10-11,13H,3-4,6,8H2,(H,18,19). The average Bonchev–Trinajstić information content (AvgIpc) is 2.96. The van der Waals surface area contributed by atoms with Gasteiger partial charge in [0, 0.05) is 30.4 Å². The molecule has 0 aliphatic carbocycles. The van der Waals surface area contributed by atoms with E-state index in [-0.39, 0.29) is 12.0 Å². The second-order valence-electron chi connectivity index (χ2n) is 5.27. The van der Waals surface area contributed by atoms with Gasteiger partial charge >= 0.3 is 5.97 Å². The van der Waals surface area contributed by atoms with Crippen LogP contribution in [0.4, 0.5) is 0 Å². The highest BCUT2D eigenvalue weighted by Crippen LogP contribution is 2.42. The molecule has 3 heterocycles. The number of carboxylic acid groups (broad SMARTS) is 1. The van der Waals surface area contributed by atoms with Gasteiger partial charge in [-0.05, 0) is 25.3 Å². The summed E-state index contributed by atoms with van der Waals surface area (Å²) in [7, 11) is 0. The zero-order chi connectivity index (χ0) is 13.4. The summed E-state index contributed by atoms with van der Waals surface area (Å²) in [6, 6.07) is 6.29. The summed E-state index contributed by atoms with van der Waals surface area (Å²) < 4.78 is 0. The lowest BCUT2D eigenvalue weighted by Crippen LogP contribution is -2.32. The molecule has 19 heavy (non-hydrogen) atoms. The molecule has 0 radical (unpaired) electrons. The van der Waals surface area contributed by atoms with Gasteiger partial charge in [0.1, 0.15) is 11.8 Å². The van der Waals surface area contributed by atoms with Crippen molar-refractivity contribution in [1.82, 2.24) is 9.88 Å². The van der Waals surface area contributed by atoms with Crippen molar-refractivity contribution in [3.63, 3.8) is 0 Å². The van der Waals surface area contributed by atoms with E-state index in [1.807, 2.05) is 12.1 Å². The molecule has 3 rings (SSSR count). The van der Waals surface area contributed by atoms with Crippen molar-refractivity contribution >= 4 is 5.97 Å². The lowest BCUT2D eigenvalue weighted by molar-refractivity contribution is -0.142. The van der Waals surface area contributed by atoms with Gasteiger partial charge in [0.2, 0.25) is 0 Å². The lowest BCUT2D eigenvalue weighted by Gasteiger charge is -2.22. The Morgan fingerprint density at radius 2 is 2.42 bits per heavy atom. The van der Waals surface area contributed by atoms with Crippen LogP contribution in [0.2, 0.25) is 0 Å². The molecule has 0 amide bonds. The van der Waals surface area contributed by atoms with Crippen molar-refractivity contribution in [1.29, 1.82) is 5.26 Å². The van der Waals surface area contributed by atoms with Gasteiger partial charge in [-0.25, -0.2) is 4.98 Å². The Bertz CT molecular complexity index is 552. The molecule has 98 valence electrons. The van der Waals surface area contributed by atoms with Crippen LogP contribution < -0.4 is 0 Å². The van der Waals surface area contributed by atoms with Crippen molar-refractivity contribution in [2.75, 3.05) is 0 Å². The van der Waals surface area contributed by atoms with Gasteiger partial charge in [0.05, 0.1) is 5.92 Å². The van der Waals surface area contributed by atoms with Gasteiger partial charge < -0.3 is 5.11 Å². The number of nitriles is 1. The Morgan fingerprint density at radius 3 is 3.11 bits per heavy atom. The third-order valence-corrected chi connectivity index (χ3v) is 4.35. The smallest absolute Gasteiger partial charge is 0.308 e. The summed E-state index contributed by atoms with van der Waals surface area (Å²) in [6.07, 6.45) is 4.36. The van der Waals surface area contributed by atoms with E-state index in [0.29, 0.717) is 18.3 Å².